The van der Waals surface area contributed by atoms with Crippen LogP contribution in [-0.2, 0) is 16.0 Å². The molecular weight excluding hydrogens is 444 g/mol. The highest BCUT2D eigenvalue weighted by molar-refractivity contribution is 6.71. The Labute approximate surface area is 203 Å². The normalized spacial score (nSPS) is 25.5. The smallest absolute Gasteiger partial charge is 0.247 e. The molecule has 4 rings (SSSR count). The first-order valence-corrected chi connectivity index (χ1v) is 15.3. The fraction of sp³-hybridized carbons (Fsp3) is 0.481. The molecule has 182 valence electrons. The van der Waals surface area contributed by atoms with E-state index in [1.54, 1.807) is 0 Å². The van der Waals surface area contributed by atoms with E-state index in [9.17, 15) is 14.7 Å². The third kappa shape index (κ3) is 5.49. The van der Waals surface area contributed by atoms with Crippen molar-refractivity contribution < 1.29 is 19.4 Å². The molecule has 34 heavy (non-hydrogen) atoms. The van der Waals surface area contributed by atoms with Crippen molar-refractivity contribution in [2.45, 2.75) is 69.9 Å². The summed E-state index contributed by atoms with van der Waals surface area (Å²) in [6.07, 6.45) is 3.27. The first-order valence-electron chi connectivity index (χ1n) is 12.3. The first kappa shape index (κ1) is 24.8. The van der Waals surface area contributed by atoms with E-state index < -0.39 is 8.32 Å². The zero-order chi connectivity index (χ0) is 24.3. The SMILES string of the molecule is C[C@H]1[C@H]([Si](C)(C)O)[C@@H](CCO)O[C@H]1CCc1cccc(N2N=C(c3ccccc3)CCC2=O)c1. The Morgan fingerprint density at radius 1 is 1.06 bits per heavy atom. The lowest BCUT2D eigenvalue weighted by molar-refractivity contribution is -0.118. The minimum atomic E-state index is -2.41. The zero-order valence-electron chi connectivity index (χ0n) is 20.4. The number of ether oxygens (including phenoxy) is 1. The number of hydrogen-bond acceptors (Lipinski definition) is 5. The van der Waals surface area contributed by atoms with Crippen LogP contribution < -0.4 is 5.01 Å². The zero-order valence-corrected chi connectivity index (χ0v) is 21.4. The first-order chi connectivity index (χ1) is 16.3. The predicted octanol–water partition coefficient (Wildman–Crippen LogP) is 4.50. The van der Waals surface area contributed by atoms with Crippen molar-refractivity contribution in [1.82, 2.24) is 0 Å². The van der Waals surface area contributed by atoms with Gasteiger partial charge in [0.15, 0.2) is 8.32 Å². The van der Waals surface area contributed by atoms with Gasteiger partial charge in [-0.1, -0.05) is 49.4 Å². The van der Waals surface area contributed by atoms with Crippen LogP contribution in [0.5, 0.6) is 0 Å². The maximum Gasteiger partial charge on any atom is 0.247 e. The lowest BCUT2D eigenvalue weighted by Gasteiger charge is -2.30. The maximum absolute atomic E-state index is 12.7. The van der Waals surface area contributed by atoms with Crippen molar-refractivity contribution >= 4 is 25.6 Å². The quantitative estimate of drug-likeness (QED) is 0.545. The standard InChI is InChI=1S/C27H36N2O4Si/c1-19-24(33-25(16-17-30)27(19)34(2,3)32)14-12-20-8-7-11-22(18-20)29-26(31)15-13-23(28-29)21-9-5-4-6-10-21/h4-11,18-19,24-25,27,30,32H,12-17H2,1-3H3/t19-,24+,25-,27+/m1/s1. The van der Waals surface area contributed by atoms with Gasteiger partial charge in [0.1, 0.15) is 0 Å². The molecule has 0 radical (unpaired) electrons. The third-order valence-corrected chi connectivity index (χ3v) is 9.67. The number of aryl methyl sites for hydroxylation is 1. The number of aliphatic hydroxyl groups excluding tert-OH is 1. The van der Waals surface area contributed by atoms with Crippen molar-refractivity contribution in [3.63, 3.8) is 0 Å². The second-order valence-electron chi connectivity index (χ2n) is 10.1. The summed E-state index contributed by atoms with van der Waals surface area (Å²) in [5, 5.41) is 15.7. The van der Waals surface area contributed by atoms with Crippen LogP contribution in [0, 0.1) is 5.92 Å². The fourth-order valence-corrected chi connectivity index (χ4v) is 8.21. The van der Waals surface area contributed by atoms with E-state index in [2.05, 4.69) is 13.0 Å². The number of nitrogens with zero attached hydrogens (tertiary/aromatic N) is 2. The van der Waals surface area contributed by atoms with E-state index in [1.807, 2.05) is 61.6 Å². The molecule has 4 atom stereocenters. The Hall–Kier alpha value is -2.32. The number of carbonyl (C=O) groups excluding carboxylic acids is 1. The Morgan fingerprint density at radius 2 is 1.82 bits per heavy atom. The average Bonchev–Trinajstić information content (AvgIpc) is 3.14. The number of anilines is 1. The van der Waals surface area contributed by atoms with Crippen LogP contribution in [-0.4, -0.2) is 48.7 Å². The van der Waals surface area contributed by atoms with Crippen LogP contribution >= 0.6 is 0 Å². The van der Waals surface area contributed by atoms with E-state index in [-0.39, 0.29) is 36.2 Å². The number of benzene rings is 2. The molecule has 2 N–H and O–H groups in total. The van der Waals surface area contributed by atoms with Gasteiger partial charge >= 0.3 is 0 Å². The molecule has 0 spiro atoms. The van der Waals surface area contributed by atoms with Gasteiger partial charge in [-0.15, -0.1) is 0 Å². The van der Waals surface area contributed by atoms with Crippen molar-refractivity contribution in [3.8, 4) is 0 Å². The number of aliphatic hydroxyl groups is 1. The molecule has 1 saturated heterocycles. The van der Waals surface area contributed by atoms with Crippen molar-refractivity contribution in [2.24, 2.45) is 11.0 Å². The second kappa shape index (κ2) is 10.5. The molecule has 0 aromatic heterocycles. The molecule has 0 saturated carbocycles. The molecule has 0 unspecified atom stereocenters. The van der Waals surface area contributed by atoms with Crippen LogP contribution in [0.25, 0.3) is 0 Å². The monoisotopic (exact) mass is 480 g/mol. The average molecular weight is 481 g/mol. The van der Waals surface area contributed by atoms with Gasteiger partial charge in [0.2, 0.25) is 5.91 Å². The number of rotatable bonds is 8. The summed E-state index contributed by atoms with van der Waals surface area (Å²) in [6.45, 7) is 6.17. The fourth-order valence-electron chi connectivity index (χ4n) is 5.55. The van der Waals surface area contributed by atoms with Gasteiger partial charge in [0.05, 0.1) is 23.6 Å². The Kier molecular flexibility index (Phi) is 7.67. The van der Waals surface area contributed by atoms with E-state index >= 15 is 0 Å². The molecule has 2 heterocycles. The van der Waals surface area contributed by atoms with E-state index in [0.29, 0.717) is 19.3 Å². The minimum absolute atomic E-state index is 0.00871. The number of hydrazone groups is 1. The summed E-state index contributed by atoms with van der Waals surface area (Å²) in [7, 11) is -2.41. The molecule has 2 aliphatic heterocycles. The Morgan fingerprint density at radius 3 is 2.53 bits per heavy atom. The molecule has 1 fully saturated rings. The summed E-state index contributed by atoms with van der Waals surface area (Å²) in [5.41, 5.74) is 4.01. The molecule has 2 aliphatic rings. The maximum atomic E-state index is 12.7. The highest BCUT2D eigenvalue weighted by Crippen LogP contribution is 2.45. The predicted molar refractivity (Wildman–Crippen MR) is 137 cm³/mol. The number of hydrogen-bond donors (Lipinski definition) is 2. The Balaban J connectivity index is 1.47. The summed E-state index contributed by atoms with van der Waals surface area (Å²) < 4.78 is 6.33. The molecule has 2 aromatic carbocycles. The molecule has 6 nitrogen and oxygen atoms in total. The van der Waals surface area contributed by atoms with Gasteiger partial charge in [-0.2, -0.15) is 5.10 Å². The lowest BCUT2D eigenvalue weighted by Crippen LogP contribution is -2.40. The second-order valence-corrected chi connectivity index (χ2v) is 14.1. The molecule has 0 aliphatic carbocycles. The van der Waals surface area contributed by atoms with Crippen LogP contribution in [0.1, 0.15) is 43.7 Å². The summed E-state index contributed by atoms with van der Waals surface area (Å²) in [4.78, 5) is 23.5. The molecular formula is C27H36N2O4Si. The summed E-state index contributed by atoms with van der Waals surface area (Å²) in [5.74, 6) is 0.252. The molecule has 7 heteroatoms. The highest BCUT2D eigenvalue weighted by atomic mass is 28.4. The van der Waals surface area contributed by atoms with Crippen LogP contribution in [0.4, 0.5) is 5.69 Å². The van der Waals surface area contributed by atoms with Crippen LogP contribution in [0.3, 0.4) is 0 Å². The van der Waals surface area contributed by atoms with E-state index in [4.69, 9.17) is 9.84 Å². The topological polar surface area (TPSA) is 82.4 Å². The highest BCUT2D eigenvalue weighted by Gasteiger charge is 2.49. The van der Waals surface area contributed by atoms with Gasteiger partial charge in [0.25, 0.3) is 0 Å². The number of carbonyl (C=O) groups is 1. The number of amides is 1. The van der Waals surface area contributed by atoms with E-state index in [0.717, 1.165) is 35.4 Å². The van der Waals surface area contributed by atoms with Gasteiger partial charge < -0.3 is 14.6 Å². The minimum Gasteiger partial charge on any atom is -0.432 e. The summed E-state index contributed by atoms with van der Waals surface area (Å²) in [6, 6.07) is 18.0. The van der Waals surface area contributed by atoms with Gasteiger partial charge in [0, 0.05) is 25.0 Å². The largest absolute Gasteiger partial charge is 0.432 e. The third-order valence-electron chi connectivity index (χ3n) is 7.14. The van der Waals surface area contributed by atoms with E-state index in [1.165, 1.54) is 5.01 Å². The van der Waals surface area contributed by atoms with Gasteiger partial charge in [-0.3, -0.25) is 4.79 Å². The summed E-state index contributed by atoms with van der Waals surface area (Å²) >= 11 is 0. The van der Waals surface area contributed by atoms with Crippen molar-refractivity contribution in [1.29, 1.82) is 0 Å². The van der Waals surface area contributed by atoms with Crippen molar-refractivity contribution in [2.75, 3.05) is 11.6 Å². The Bertz CT molecular complexity index is 1020. The van der Waals surface area contributed by atoms with Crippen LogP contribution in [0.15, 0.2) is 59.7 Å². The van der Waals surface area contributed by atoms with Gasteiger partial charge in [-0.05, 0) is 61.5 Å². The molecule has 2 aromatic rings. The van der Waals surface area contributed by atoms with Gasteiger partial charge in [-0.25, -0.2) is 5.01 Å². The van der Waals surface area contributed by atoms with Crippen molar-refractivity contribution in [3.05, 3.63) is 65.7 Å². The molecule has 0 bridgehead atoms. The van der Waals surface area contributed by atoms with Crippen LogP contribution in [0.2, 0.25) is 18.6 Å². The lowest BCUT2D eigenvalue weighted by atomic mass is 9.95. The molecule has 1 amide bonds.